The normalized spacial score (nSPS) is 20.0. The van der Waals surface area contributed by atoms with Crippen LogP contribution in [0.4, 0.5) is 4.39 Å². The number of aliphatic imine (C=N–C) groups is 1. The largest absolute Gasteiger partial charge is 0.352 e. The van der Waals surface area contributed by atoms with Crippen molar-refractivity contribution in [3.8, 4) is 0 Å². The summed E-state index contributed by atoms with van der Waals surface area (Å²) in [6, 6.07) is 6.53. The molecule has 2 fully saturated rings. The van der Waals surface area contributed by atoms with Crippen LogP contribution in [-0.4, -0.2) is 78.9 Å². The summed E-state index contributed by atoms with van der Waals surface area (Å²) in [6.45, 7) is 7.67. The van der Waals surface area contributed by atoms with Crippen molar-refractivity contribution in [2.24, 2.45) is 4.99 Å². The summed E-state index contributed by atoms with van der Waals surface area (Å²) < 4.78 is 13.3. The zero-order valence-corrected chi connectivity index (χ0v) is 16.3. The van der Waals surface area contributed by atoms with Gasteiger partial charge >= 0.3 is 0 Å². The van der Waals surface area contributed by atoms with Gasteiger partial charge in [-0.3, -0.25) is 14.7 Å². The first-order chi connectivity index (χ1) is 13.1. The minimum atomic E-state index is -0.227. The fraction of sp³-hybridized carbons (Fsp3) is 0.600. The highest BCUT2D eigenvalue weighted by molar-refractivity contribution is 5.82. The standard InChI is InChI=1S/C20H30FN5O/c1-16(19(27)25-8-3-4-9-25)24-10-12-26(13-11-24)20(22-2)23-15-17-6-5-7-18(21)14-17/h5-7,14,16H,3-4,8-13,15H2,1-2H3,(H,22,23). The van der Waals surface area contributed by atoms with Crippen LogP contribution in [-0.2, 0) is 11.3 Å². The van der Waals surface area contributed by atoms with Crippen molar-refractivity contribution in [1.82, 2.24) is 20.0 Å². The molecule has 1 atom stereocenters. The molecule has 2 aliphatic heterocycles. The molecule has 1 aromatic rings. The number of nitrogens with one attached hydrogen (secondary N) is 1. The van der Waals surface area contributed by atoms with Gasteiger partial charge in [-0.2, -0.15) is 0 Å². The zero-order valence-electron chi connectivity index (χ0n) is 16.3. The van der Waals surface area contributed by atoms with Gasteiger partial charge in [0, 0.05) is 52.9 Å². The molecule has 148 valence electrons. The van der Waals surface area contributed by atoms with Crippen LogP contribution in [0.25, 0.3) is 0 Å². The van der Waals surface area contributed by atoms with Crippen molar-refractivity contribution in [2.75, 3.05) is 46.3 Å². The zero-order chi connectivity index (χ0) is 19.2. The van der Waals surface area contributed by atoms with Crippen LogP contribution in [0.3, 0.4) is 0 Å². The predicted octanol–water partition coefficient (Wildman–Crippen LogP) is 1.53. The Kier molecular flexibility index (Phi) is 6.66. The van der Waals surface area contributed by atoms with Gasteiger partial charge in [0.05, 0.1) is 6.04 Å². The molecule has 0 aliphatic carbocycles. The third-order valence-corrected chi connectivity index (χ3v) is 5.49. The van der Waals surface area contributed by atoms with Crippen molar-refractivity contribution in [2.45, 2.75) is 32.4 Å². The third-order valence-electron chi connectivity index (χ3n) is 5.49. The van der Waals surface area contributed by atoms with Gasteiger partial charge in [-0.1, -0.05) is 12.1 Å². The Balaban J connectivity index is 1.48. The van der Waals surface area contributed by atoms with Crippen molar-refractivity contribution >= 4 is 11.9 Å². The van der Waals surface area contributed by atoms with E-state index in [0.717, 1.165) is 63.6 Å². The molecule has 0 aromatic heterocycles. The van der Waals surface area contributed by atoms with Crippen molar-refractivity contribution < 1.29 is 9.18 Å². The van der Waals surface area contributed by atoms with E-state index in [1.54, 1.807) is 13.1 Å². The van der Waals surface area contributed by atoms with Crippen molar-refractivity contribution in [3.63, 3.8) is 0 Å². The second-order valence-corrected chi connectivity index (χ2v) is 7.26. The molecule has 1 amide bonds. The Hall–Kier alpha value is -2.15. The lowest BCUT2D eigenvalue weighted by Gasteiger charge is -2.39. The highest BCUT2D eigenvalue weighted by Gasteiger charge is 2.30. The monoisotopic (exact) mass is 375 g/mol. The van der Waals surface area contributed by atoms with E-state index in [2.05, 4.69) is 20.1 Å². The molecular formula is C20H30FN5O. The molecule has 2 heterocycles. The lowest BCUT2D eigenvalue weighted by atomic mass is 10.2. The number of rotatable bonds is 4. The van der Waals surface area contributed by atoms with Gasteiger partial charge in [-0.15, -0.1) is 0 Å². The Labute approximate surface area is 161 Å². The lowest BCUT2D eigenvalue weighted by molar-refractivity contribution is -0.135. The van der Waals surface area contributed by atoms with Gasteiger partial charge in [-0.05, 0) is 37.5 Å². The summed E-state index contributed by atoms with van der Waals surface area (Å²) in [7, 11) is 1.76. The molecule has 7 heteroatoms. The second-order valence-electron chi connectivity index (χ2n) is 7.26. The molecule has 2 saturated heterocycles. The SMILES string of the molecule is CN=C(NCc1cccc(F)c1)N1CCN(C(C)C(=O)N2CCCC2)CC1. The van der Waals surface area contributed by atoms with Crippen molar-refractivity contribution in [3.05, 3.63) is 35.6 Å². The van der Waals surface area contributed by atoms with Gasteiger partial charge in [0.25, 0.3) is 0 Å². The molecular weight excluding hydrogens is 345 g/mol. The van der Waals surface area contributed by atoms with E-state index in [0.29, 0.717) is 6.54 Å². The minimum Gasteiger partial charge on any atom is -0.352 e. The first-order valence-electron chi connectivity index (χ1n) is 9.81. The summed E-state index contributed by atoms with van der Waals surface area (Å²) in [5.41, 5.74) is 0.889. The summed E-state index contributed by atoms with van der Waals surface area (Å²) in [4.78, 5) is 23.4. The summed E-state index contributed by atoms with van der Waals surface area (Å²) in [5, 5.41) is 3.31. The maximum atomic E-state index is 13.3. The van der Waals surface area contributed by atoms with Gasteiger partial charge in [0.2, 0.25) is 5.91 Å². The number of hydrogen-bond acceptors (Lipinski definition) is 3. The highest BCUT2D eigenvalue weighted by atomic mass is 19.1. The Bertz CT molecular complexity index is 666. The molecule has 1 aromatic carbocycles. The van der Waals surface area contributed by atoms with Crippen LogP contribution in [0.15, 0.2) is 29.3 Å². The molecule has 2 aliphatic rings. The first kappa shape index (κ1) is 19.6. The molecule has 27 heavy (non-hydrogen) atoms. The maximum Gasteiger partial charge on any atom is 0.239 e. The molecule has 6 nitrogen and oxygen atoms in total. The number of halogens is 1. The van der Waals surface area contributed by atoms with Gasteiger partial charge in [-0.25, -0.2) is 4.39 Å². The van der Waals surface area contributed by atoms with Gasteiger partial charge in [0.1, 0.15) is 5.82 Å². The first-order valence-corrected chi connectivity index (χ1v) is 9.81. The Morgan fingerprint density at radius 2 is 1.85 bits per heavy atom. The molecule has 3 rings (SSSR count). The molecule has 0 spiro atoms. The average molecular weight is 375 g/mol. The summed E-state index contributed by atoms with van der Waals surface area (Å²) in [6.07, 6.45) is 2.25. The van der Waals surface area contributed by atoms with Crippen LogP contribution in [0.1, 0.15) is 25.3 Å². The third kappa shape index (κ3) is 4.97. The van der Waals surface area contributed by atoms with E-state index in [1.807, 2.05) is 17.9 Å². The lowest BCUT2D eigenvalue weighted by Crippen LogP contribution is -2.57. The predicted molar refractivity (Wildman–Crippen MR) is 105 cm³/mol. The molecule has 0 saturated carbocycles. The fourth-order valence-corrected chi connectivity index (χ4v) is 3.84. The Morgan fingerprint density at radius 1 is 1.15 bits per heavy atom. The number of hydrogen-bond donors (Lipinski definition) is 1. The number of piperazine rings is 1. The number of nitrogens with zero attached hydrogens (tertiary/aromatic N) is 4. The van der Waals surface area contributed by atoms with Crippen LogP contribution in [0.5, 0.6) is 0 Å². The maximum absolute atomic E-state index is 13.3. The van der Waals surface area contributed by atoms with E-state index in [4.69, 9.17) is 0 Å². The number of benzene rings is 1. The number of guanidine groups is 1. The van der Waals surface area contributed by atoms with Crippen molar-refractivity contribution in [1.29, 1.82) is 0 Å². The summed E-state index contributed by atoms with van der Waals surface area (Å²) in [5.74, 6) is 0.849. The van der Waals surface area contributed by atoms with E-state index in [-0.39, 0.29) is 17.8 Å². The van der Waals surface area contributed by atoms with E-state index in [9.17, 15) is 9.18 Å². The number of carbonyl (C=O) groups is 1. The van der Waals surface area contributed by atoms with E-state index < -0.39 is 0 Å². The number of likely N-dealkylation sites (tertiary alicyclic amines) is 1. The molecule has 0 radical (unpaired) electrons. The second kappa shape index (κ2) is 9.17. The molecule has 1 unspecified atom stereocenters. The number of amides is 1. The minimum absolute atomic E-state index is 0.0625. The van der Waals surface area contributed by atoms with Gasteiger partial charge < -0.3 is 15.1 Å². The van der Waals surface area contributed by atoms with E-state index in [1.165, 1.54) is 12.1 Å². The summed E-state index contributed by atoms with van der Waals surface area (Å²) >= 11 is 0. The fourth-order valence-electron chi connectivity index (χ4n) is 3.84. The smallest absolute Gasteiger partial charge is 0.239 e. The number of carbonyl (C=O) groups excluding carboxylic acids is 1. The van der Waals surface area contributed by atoms with E-state index >= 15 is 0 Å². The van der Waals surface area contributed by atoms with Crippen LogP contribution in [0, 0.1) is 5.82 Å². The quantitative estimate of drug-likeness (QED) is 0.641. The Morgan fingerprint density at radius 3 is 2.48 bits per heavy atom. The highest BCUT2D eigenvalue weighted by Crippen LogP contribution is 2.14. The molecule has 0 bridgehead atoms. The van der Waals surface area contributed by atoms with Crippen LogP contribution >= 0.6 is 0 Å². The average Bonchev–Trinajstić information content (AvgIpc) is 3.23. The van der Waals surface area contributed by atoms with Gasteiger partial charge in [0.15, 0.2) is 5.96 Å². The topological polar surface area (TPSA) is 51.2 Å². The van der Waals surface area contributed by atoms with Crippen LogP contribution < -0.4 is 5.32 Å². The van der Waals surface area contributed by atoms with Crippen LogP contribution in [0.2, 0.25) is 0 Å². The molecule has 1 N–H and O–H groups in total.